The lowest BCUT2D eigenvalue weighted by atomic mass is 10.2. The average Bonchev–Trinajstić information content (AvgIpc) is 2.28. The Morgan fingerprint density at radius 1 is 1.37 bits per heavy atom. The fraction of sp³-hybridized carbons (Fsp3) is 0.500. The number of halogens is 1. The predicted molar refractivity (Wildman–Crippen MR) is 88.1 cm³/mol. The van der Waals surface area contributed by atoms with Crippen LogP contribution in [0.3, 0.4) is 0 Å². The first-order chi connectivity index (χ1) is 8.67. The largest absolute Gasteiger partial charge is 0.412 e. The van der Waals surface area contributed by atoms with Crippen molar-refractivity contribution in [2.45, 2.75) is 45.5 Å². The van der Waals surface area contributed by atoms with E-state index >= 15 is 0 Å². The number of isothiocyanates is 1. The normalized spacial score (nSPS) is 12.1. The van der Waals surface area contributed by atoms with Crippen LogP contribution in [-0.4, -0.2) is 13.5 Å². The van der Waals surface area contributed by atoms with Crippen LogP contribution >= 0.6 is 23.8 Å². The molecule has 1 aromatic carbocycles. The van der Waals surface area contributed by atoms with E-state index in [1.54, 1.807) is 6.07 Å². The fourth-order valence-corrected chi connectivity index (χ4v) is 2.55. The van der Waals surface area contributed by atoms with Gasteiger partial charge in [-0.25, -0.2) is 0 Å². The highest BCUT2D eigenvalue weighted by molar-refractivity contribution is 7.78. The number of nitrogens with zero attached hydrogens (tertiary/aromatic N) is 1. The summed E-state index contributed by atoms with van der Waals surface area (Å²) in [4.78, 5) is 4.05. The number of thiocarbonyl (C=S) groups is 1. The summed E-state index contributed by atoms with van der Waals surface area (Å²) in [6.07, 6.45) is 0. The van der Waals surface area contributed by atoms with Gasteiger partial charge in [-0.1, -0.05) is 32.4 Å². The summed E-state index contributed by atoms with van der Waals surface area (Å²) in [6.45, 7) is 11.6. The molecule has 2 nitrogen and oxygen atoms in total. The zero-order chi connectivity index (χ0) is 14.7. The molecule has 1 aromatic rings. The standard InChI is InChI=1S/C14H20ClNOSSi/c1-14(2,3)19(4,5)17-9-11-8-12(15)6-7-13(11)16-10-18/h6-8H,9H2,1-5H3. The Kier molecular flexibility index (Phi) is 5.48. The smallest absolute Gasteiger partial charge is 0.192 e. The lowest BCUT2D eigenvalue weighted by Gasteiger charge is -2.36. The number of benzene rings is 1. The van der Waals surface area contributed by atoms with Crippen LogP contribution in [0.2, 0.25) is 23.2 Å². The minimum atomic E-state index is -1.78. The first-order valence-electron chi connectivity index (χ1n) is 6.17. The SMILES string of the molecule is CC(C)(C)[Si](C)(C)OCc1cc(Cl)ccc1N=C=S. The number of hydrogen-bond acceptors (Lipinski definition) is 3. The van der Waals surface area contributed by atoms with Crippen molar-refractivity contribution in [3.8, 4) is 0 Å². The Morgan fingerprint density at radius 2 is 2.00 bits per heavy atom. The third kappa shape index (κ3) is 4.51. The van der Waals surface area contributed by atoms with Crippen LogP contribution in [-0.2, 0) is 11.0 Å². The Balaban J connectivity index is 2.94. The molecular weight excluding hydrogens is 294 g/mol. The molecule has 0 aromatic heterocycles. The molecule has 0 amide bonds. The Labute approximate surface area is 127 Å². The van der Waals surface area contributed by atoms with E-state index in [-0.39, 0.29) is 5.04 Å². The van der Waals surface area contributed by atoms with E-state index in [1.165, 1.54) is 0 Å². The maximum Gasteiger partial charge on any atom is 0.192 e. The van der Waals surface area contributed by atoms with Crippen molar-refractivity contribution in [1.82, 2.24) is 0 Å². The lowest BCUT2D eigenvalue weighted by Crippen LogP contribution is -2.40. The van der Waals surface area contributed by atoms with E-state index in [2.05, 4.69) is 56.2 Å². The van der Waals surface area contributed by atoms with Crippen LogP contribution in [0.15, 0.2) is 23.2 Å². The van der Waals surface area contributed by atoms with E-state index < -0.39 is 8.32 Å². The highest BCUT2D eigenvalue weighted by Gasteiger charge is 2.37. The Morgan fingerprint density at radius 3 is 2.53 bits per heavy atom. The second kappa shape index (κ2) is 6.29. The molecule has 104 valence electrons. The van der Waals surface area contributed by atoms with E-state index in [0.717, 1.165) is 11.3 Å². The van der Waals surface area contributed by atoms with Gasteiger partial charge >= 0.3 is 0 Å². The third-order valence-corrected chi connectivity index (χ3v) is 8.41. The first-order valence-corrected chi connectivity index (χ1v) is 9.87. The summed E-state index contributed by atoms with van der Waals surface area (Å²) in [5.41, 5.74) is 1.73. The molecule has 19 heavy (non-hydrogen) atoms. The minimum Gasteiger partial charge on any atom is -0.412 e. The van der Waals surface area contributed by atoms with Crippen LogP contribution in [0.25, 0.3) is 0 Å². The molecule has 5 heteroatoms. The highest BCUT2D eigenvalue weighted by Crippen LogP contribution is 2.37. The van der Waals surface area contributed by atoms with E-state index in [0.29, 0.717) is 11.6 Å². The monoisotopic (exact) mass is 313 g/mol. The van der Waals surface area contributed by atoms with Crippen LogP contribution < -0.4 is 0 Å². The van der Waals surface area contributed by atoms with Crippen LogP contribution in [0.4, 0.5) is 5.69 Å². The van der Waals surface area contributed by atoms with Gasteiger partial charge in [0.25, 0.3) is 0 Å². The summed E-state index contributed by atoms with van der Waals surface area (Å²) in [5, 5.41) is 3.25. The second-order valence-electron chi connectivity index (χ2n) is 6.03. The third-order valence-electron chi connectivity index (χ3n) is 3.60. The molecule has 0 bridgehead atoms. The molecule has 0 aliphatic heterocycles. The maximum atomic E-state index is 6.18. The van der Waals surface area contributed by atoms with Gasteiger partial charge < -0.3 is 4.43 Å². The molecular formula is C14H20ClNOSSi. The summed E-state index contributed by atoms with van der Waals surface area (Å²) >= 11 is 10.7. The zero-order valence-corrected chi connectivity index (χ0v) is 14.7. The summed E-state index contributed by atoms with van der Waals surface area (Å²) in [7, 11) is -1.78. The van der Waals surface area contributed by atoms with Crippen molar-refractivity contribution in [3.63, 3.8) is 0 Å². The van der Waals surface area contributed by atoms with Crippen LogP contribution in [0.5, 0.6) is 0 Å². The zero-order valence-electron chi connectivity index (χ0n) is 12.1. The molecule has 0 fully saturated rings. The number of rotatable bonds is 4. The molecule has 0 saturated heterocycles. The maximum absolute atomic E-state index is 6.18. The quantitative estimate of drug-likeness (QED) is 0.410. The average molecular weight is 314 g/mol. The molecule has 0 spiro atoms. The van der Waals surface area contributed by atoms with Gasteiger partial charge in [-0.2, -0.15) is 4.99 Å². The lowest BCUT2D eigenvalue weighted by molar-refractivity contribution is 0.277. The van der Waals surface area contributed by atoms with Gasteiger partial charge in [-0.3, -0.25) is 0 Å². The molecule has 0 radical (unpaired) electrons. The molecule has 0 atom stereocenters. The topological polar surface area (TPSA) is 21.6 Å². The van der Waals surface area contributed by atoms with E-state index in [1.807, 2.05) is 12.1 Å². The first kappa shape index (κ1) is 16.5. The molecule has 0 N–H and O–H groups in total. The summed E-state index contributed by atoms with van der Waals surface area (Å²) in [6, 6.07) is 5.51. The van der Waals surface area contributed by atoms with Gasteiger partial charge in [0.15, 0.2) is 8.32 Å². The van der Waals surface area contributed by atoms with Crippen molar-refractivity contribution in [3.05, 3.63) is 28.8 Å². The van der Waals surface area contributed by atoms with Crippen molar-refractivity contribution in [1.29, 1.82) is 0 Å². The van der Waals surface area contributed by atoms with Crippen molar-refractivity contribution < 1.29 is 4.43 Å². The molecule has 0 aliphatic rings. The Bertz CT molecular complexity index is 505. The summed E-state index contributed by atoms with van der Waals surface area (Å²) in [5.74, 6) is 0. The molecule has 0 unspecified atom stereocenters. The van der Waals surface area contributed by atoms with Gasteiger partial charge in [-0.05, 0) is 48.5 Å². The van der Waals surface area contributed by atoms with E-state index in [4.69, 9.17) is 16.0 Å². The van der Waals surface area contributed by atoms with Crippen LogP contribution in [0, 0.1) is 0 Å². The molecule has 0 aliphatic carbocycles. The number of hydrogen-bond donors (Lipinski definition) is 0. The van der Waals surface area contributed by atoms with Crippen molar-refractivity contribution in [2.24, 2.45) is 4.99 Å². The van der Waals surface area contributed by atoms with Gasteiger partial charge in [-0.15, -0.1) is 0 Å². The molecule has 1 rings (SSSR count). The molecule has 0 heterocycles. The van der Waals surface area contributed by atoms with Crippen molar-refractivity contribution >= 4 is 43.0 Å². The van der Waals surface area contributed by atoms with Crippen LogP contribution in [0.1, 0.15) is 26.3 Å². The Hall–Kier alpha value is -0.513. The molecule has 0 saturated carbocycles. The van der Waals surface area contributed by atoms with Gasteiger partial charge in [0, 0.05) is 10.6 Å². The van der Waals surface area contributed by atoms with Gasteiger partial charge in [0.2, 0.25) is 0 Å². The number of aliphatic imine (C=N–C) groups is 1. The predicted octanol–water partition coefficient (Wildman–Crippen LogP) is 5.60. The van der Waals surface area contributed by atoms with Gasteiger partial charge in [0.05, 0.1) is 17.5 Å². The highest BCUT2D eigenvalue weighted by atomic mass is 35.5. The fourth-order valence-electron chi connectivity index (χ4n) is 1.30. The van der Waals surface area contributed by atoms with Crippen molar-refractivity contribution in [2.75, 3.05) is 0 Å². The van der Waals surface area contributed by atoms with E-state index in [9.17, 15) is 0 Å². The van der Waals surface area contributed by atoms with Gasteiger partial charge in [0.1, 0.15) is 0 Å². The summed E-state index contributed by atoms with van der Waals surface area (Å²) < 4.78 is 6.18. The minimum absolute atomic E-state index is 0.180. The second-order valence-corrected chi connectivity index (χ2v) is 11.5.